The normalized spacial score (nSPS) is 18.5. The van der Waals surface area contributed by atoms with E-state index in [0.29, 0.717) is 29.7 Å². The third-order valence-electron chi connectivity index (χ3n) is 2.79. The summed E-state index contributed by atoms with van der Waals surface area (Å²) in [6.45, 7) is 0. The molecular weight excluding hydrogens is 204 g/mol. The van der Waals surface area contributed by atoms with E-state index in [4.69, 9.17) is 0 Å². The Balaban J connectivity index is 2.33. The molecule has 2 aliphatic rings. The van der Waals surface area contributed by atoms with Gasteiger partial charge in [-0.3, -0.25) is 19.6 Å². The van der Waals surface area contributed by atoms with E-state index in [-0.39, 0.29) is 5.69 Å². The van der Waals surface area contributed by atoms with Crippen molar-refractivity contribution in [3.8, 4) is 0 Å². The molecule has 1 aromatic rings. The molecular formula is C12H8N2O2. The SMILES string of the molecule is O=C1C(=O)c2ncccc2C2=C1CCC=N2. The van der Waals surface area contributed by atoms with E-state index in [2.05, 4.69) is 9.98 Å². The molecule has 0 saturated carbocycles. The highest BCUT2D eigenvalue weighted by Gasteiger charge is 2.33. The van der Waals surface area contributed by atoms with Gasteiger partial charge in [-0.15, -0.1) is 0 Å². The highest BCUT2D eigenvalue weighted by atomic mass is 16.2. The lowest BCUT2D eigenvalue weighted by atomic mass is 9.87. The number of pyridine rings is 1. The zero-order chi connectivity index (χ0) is 11.1. The summed E-state index contributed by atoms with van der Waals surface area (Å²) in [5.74, 6) is -0.954. The summed E-state index contributed by atoms with van der Waals surface area (Å²) in [5.41, 5.74) is 2.07. The van der Waals surface area contributed by atoms with Crippen LogP contribution in [0.15, 0.2) is 28.9 Å². The molecule has 0 unspecified atom stereocenters. The Bertz CT molecular complexity index is 570. The molecule has 0 fully saturated rings. The molecule has 0 aromatic carbocycles. The standard InChI is InChI=1S/C12H8N2O2/c15-11-8-4-2-5-13-9(8)7-3-1-6-14-10(7)12(11)16/h1,3,5-6H,2,4H2. The average Bonchev–Trinajstić information content (AvgIpc) is 2.36. The molecule has 4 nitrogen and oxygen atoms in total. The molecule has 1 aromatic heterocycles. The van der Waals surface area contributed by atoms with Gasteiger partial charge in [0.1, 0.15) is 5.69 Å². The first-order valence-electron chi connectivity index (χ1n) is 5.09. The predicted octanol–water partition coefficient (Wildman–Crippen LogP) is 1.42. The van der Waals surface area contributed by atoms with Crippen LogP contribution in [0.3, 0.4) is 0 Å². The first-order chi connectivity index (χ1) is 7.79. The Labute approximate surface area is 91.7 Å². The lowest BCUT2D eigenvalue weighted by Gasteiger charge is -2.19. The number of hydrogen-bond acceptors (Lipinski definition) is 4. The lowest BCUT2D eigenvalue weighted by molar-refractivity contribution is -0.112. The zero-order valence-electron chi connectivity index (χ0n) is 8.43. The second-order valence-corrected chi connectivity index (χ2v) is 3.74. The van der Waals surface area contributed by atoms with Gasteiger partial charge in [0.15, 0.2) is 0 Å². The van der Waals surface area contributed by atoms with Crippen molar-refractivity contribution in [3.63, 3.8) is 0 Å². The molecule has 0 spiro atoms. The van der Waals surface area contributed by atoms with E-state index in [9.17, 15) is 9.59 Å². The minimum Gasteiger partial charge on any atom is -0.285 e. The number of aromatic nitrogens is 1. The summed E-state index contributed by atoms with van der Waals surface area (Å²) in [7, 11) is 0. The number of allylic oxidation sites excluding steroid dienone is 1. The molecule has 3 rings (SSSR count). The fourth-order valence-electron chi connectivity index (χ4n) is 2.04. The van der Waals surface area contributed by atoms with Crippen LogP contribution in [0.1, 0.15) is 28.9 Å². The number of Topliss-reactive ketones (excluding diaryl/α,β-unsaturated/α-hetero) is 2. The lowest BCUT2D eigenvalue weighted by Crippen LogP contribution is -2.25. The summed E-state index contributed by atoms with van der Waals surface area (Å²) in [5, 5.41) is 0. The van der Waals surface area contributed by atoms with Crippen molar-refractivity contribution in [1.82, 2.24) is 4.98 Å². The Hall–Kier alpha value is -2.10. The van der Waals surface area contributed by atoms with Gasteiger partial charge in [-0.2, -0.15) is 0 Å². The minimum atomic E-state index is -0.508. The van der Waals surface area contributed by atoms with Gasteiger partial charge in [-0.05, 0) is 25.0 Å². The molecule has 1 aliphatic carbocycles. The van der Waals surface area contributed by atoms with Gasteiger partial charge in [-0.25, -0.2) is 0 Å². The van der Waals surface area contributed by atoms with E-state index in [1.807, 2.05) is 0 Å². The van der Waals surface area contributed by atoms with E-state index in [1.165, 1.54) is 6.20 Å². The molecule has 4 heteroatoms. The predicted molar refractivity (Wildman–Crippen MR) is 58.2 cm³/mol. The van der Waals surface area contributed by atoms with Crippen LogP contribution in [-0.2, 0) is 4.79 Å². The van der Waals surface area contributed by atoms with Gasteiger partial charge < -0.3 is 0 Å². The molecule has 78 valence electrons. The maximum atomic E-state index is 11.8. The van der Waals surface area contributed by atoms with Crippen LogP contribution in [0.25, 0.3) is 5.70 Å². The van der Waals surface area contributed by atoms with Crippen LogP contribution in [-0.4, -0.2) is 22.8 Å². The number of rotatable bonds is 0. The number of aliphatic imine (C=N–C) groups is 1. The largest absolute Gasteiger partial charge is 0.285 e. The van der Waals surface area contributed by atoms with Crippen molar-refractivity contribution in [2.75, 3.05) is 0 Å². The van der Waals surface area contributed by atoms with Crippen LogP contribution in [0.2, 0.25) is 0 Å². The highest BCUT2D eigenvalue weighted by molar-refractivity contribution is 6.52. The second-order valence-electron chi connectivity index (χ2n) is 3.74. The first kappa shape index (κ1) is 9.15. The molecule has 0 atom stereocenters. The molecule has 0 radical (unpaired) electrons. The van der Waals surface area contributed by atoms with Gasteiger partial charge in [-0.1, -0.05) is 0 Å². The van der Waals surface area contributed by atoms with E-state index in [1.54, 1.807) is 18.3 Å². The number of fused-ring (bicyclic) bond motifs is 2. The quantitative estimate of drug-likeness (QED) is 0.611. The van der Waals surface area contributed by atoms with Crippen molar-refractivity contribution in [2.45, 2.75) is 12.8 Å². The summed E-state index contributed by atoms with van der Waals surface area (Å²) >= 11 is 0. The van der Waals surface area contributed by atoms with E-state index in [0.717, 1.165) is 0 Å². The van der Waals surface area contributed by atoms with Crippen LogP contribution in [0, 0.1) is 0 Å². The summed E-state index contributed by atoms with van der Waals surface area (Å²) < 4.78 is 0. The maximum Gasteiger partial charge on any atom is 0.252 e. The van der Waals surface area contributed by atoms with E-state index >= 15 is 0 Å². The minimum absolute atomic E-state index is 0.227. The monoisotopic (exact) mass is 212 g/mol. The van der Waals surface area contributed by atoms with Gasteiger partial charge in [0.05, 0.1) is 5.70 Å². The van der Waals surface area contributed by atoms with Crippen LogP contribution in [0.4, 0.5) is 0 Å². The summed E-state index contributed by atoms with van der Waals surface area (Å²) in [4.78, 5) is 31.8. The molecule has 1 aliphatic heterocycles. The zero-order valence-corrected chi connectivity index (χ0v) is 8.43. The van der Waals surface area contributed by atoms with Crippen molar-refractivity contribution in [1.29, 1.82) is 0 Å². The smallest absolute Gasteiger partial charge is 0.252 e. The second kappa shape index (κ2) is 3.20. The maximum absolute atomic E-state index is 11.8. The summed E-state index contributed by atoms with van der Waals surface area (Å²) in [6, 6.07) is 3.53. The van der Waals surface area contributed by atoms with Crippen molar-refractivity contribution >= 4 is 23.5 Å². The Morgan fingerprint density at radius 1 is 1.19 bits per heavy atom. The number of carbonyl (C=O) groups excluding carboxylic acids is 2. The Morgan fingerprint density at radius 2 is 2.06 bits per heavy atom. The third kappa shape index (κ3) is 1.10. The topological polar surface area (TPSA) is 59.4 Å². The van der Waals surface area contributed by atoms with Gasteiger partial charge in [0, 0.05) is 23.5 Å². The molecule has 0 amide bonds. The van der Waals surface area contributed by atoms with Gasteiger partial charge >= 0.3 is 0 Å². The Kier molecular flexibility index (Phi) is 1.83. The fourth-order valence-corrected chi connectivity index (χ4v) is 2.04. The van der Waals surface area contributed by atoms with E-state index < -0.39 is 11.6 Å². The average molecular weight is 212 g/mol. The highest BCUT2D eigenvalue weighted by Crippen LogP contribution is 2.33. The van der Waals surface area contributed by atoms with Gasteiger partial charge in [0.25, 0.3) is 5.78 Å². The molecule has 2 heterocycles. The van der Waals surface area contributed by atoms with Crippen molar-refractivity contribution in [3.05, 3.63) is 35.2 Å². The van der Waals surface area contributed by atoms with Crippen molar-refractivity contribution in [2.24, 2.45) is 4.99 Å². The molecule has 16 heavy (non-hydrogen) atoms. The number of carbonyl (C=O) groups is 2. The first-order valence-corrected chi connectivity index (χ1v) is 5.09. The Morgan fingerprint density at radius 3 is 2.94 bits per heavy atom. The third-order valence-corrected chi connectivity index (χ3v) is 2.79. The molecule has 0 saturated heterocycles. The van der Waals surface area contributed by atoms with Crippen molar-refractivity contribution < 1.29 is 9.59 Å². The fraction of sp³-hybridized carbons (Fsp3) is 0.167. The van der Waals surface area contributed by atoms with Crippen LogP contribution < -0.4 is 0 Å². The van der Waals surface area contributed by atoms with Crippen LogP contribution in [0.5, 0.6) is 0 Å². The summed E-state index contributed by atoms with van der Waals surface area (Å²) in [6.07, 6.45) is 4.60. The molecule has 0 bridgehead atoms. The number of ketones is 2. The van der Waals surface area contributed by atoms with Crippen LogP contribution >= 0.6 is 0 Å². The number of nitrogens with zero attached hydrogens (tertiary/aromatic N) is 2. The molecule has 0 N–H and O–H groups in total. The number of hydrogen-bond donors (Lipinski definition) is 0. The van der Waals surface area contributed by atoms with Gasteiger partial charge in [0.2, 0.25) is 5.78 Å².